The zero-order valence-corrected chi connectivity index (χ0v) is 15.6. The summed E-state index contributed by atoms with van der Waals surface area (Å²) in [7, 11) is -3.57. The van der Waals surface area contributed by atoms with Crippen molar-refractivity contribution in [3.8, 4) is 0 Å². The lowest BCUT2D eigenvalue weighted by molar-refractivity contribution is 0.0746. The number of anilines is 1. The third kappa shape index (κ3) is 4.05. The first kappa shape index (κ1) is 18.4. The molecule has 1 saturated heterocycles. The Balaban J connectivity index is 1.69. The lowest BCUT2D eigenvalue weighted by Crippen LogP contribution is -2.48. The van der Waals surface area contributed by atoms with Gasteiger partial charge in [-0.05, 0) is 30.3 Å². The number of rotatable bonds is 5. The zero-order valence-electron chi connectivity index (χ0n) is 14.8. The Kier molecular flexibility index (Phi) is 5.58. The highest BCUT2D eigenvalue weighted by molar-refractivity contribution is 7.89. The van der Waals surface area contributed by atoms with Gasteiger partial charge in [0.05, 0.1) is 4.90 Å². The molecule has 1 aliphatic rings. The van der Waals surface area contributed by atoms with E-state index < -0.39 is 10.0 Å². The lowest BCUT2D eigenvalue weighted by Gasteiger charge is -2.36. The molecule has 138 valence electrons. The van der Waals surface area contributed by atoms with Crippen LogP contribution in [-0.2, 0) is 10.0 Å². The maximum Gasteiger partial charge on any atom is 0.254 e. The number of hydrogen-bond acceptors (Lipinski definition) is 4. The van der Waals surface area contributed by atoms with Gasteiger partial charge in [0.15, 0.2) is 0 Å². The van der Waals surface area contributed by atoms with Crippen molar-refractivity contribution in [1.29, 1.82) is 0 Å². The number of amides is 1. The normalized spacial score (nSPS) is 15.1. The Labute approximate surface area is 154 Å². The first-order valence-corrected chi connectivity index (χ1v) is 10.2. The maximum atomic E-state index is 12.8. The molecule has 0 aromatic heterocycles. The van der Waals surface area contributed by atoms with Crippen LogP contribution >= 0.6 is 0 Å². The Morgan fingerprint density at radius 1 is 1.00 bits per heavy atom. The van der Waals surface area contributed by atoms with Crippen molar-refractivity contribution in [3.63, 3.8) is 0 Å². The molecule has 0 radical (unpaired) electrons. The molecule has 1 aliphatic heterocycles. The molecule has 0 saturated carbocycles. The van der Waals surface area contributed by atoms with Gasteiger partial charge in [0.2, 0.25) is 10.0 Å². The number of para-hydroxylation sites is 1. The minimum Gasteiger partial charge on any atom is -0.368 e. The second-order valence-electron chi connectivity index (χ2n) is 6.14. The van der Waals surface area contributed by atoms with Gasteiger partial charge >= 0.3 is 0 Å². The number of carbonyl (C=O) groups is 1. The summed E-state index contributed by atoms with van der Waals surface area (Å²) < 4.78 is 26.7. The van der Waals surface area contributed by atoms with Gasteiger partial charge in [-0.3, -0.25) is 4.79 Å². The topological polar surface area (TPSA) is 69.7 Å². The number of benzene rings is 2. The number of nitrogens with one attached hydrogen (secondary N) is 1. The highest BCUT2D eigenvalue weighted by Gasteiger charge is 2.23. The van der Waals surface area contributed by atoms with E-state index in [1.807, 2.05) is 18.2 Å². The average Bonchev–Trinajstić information content (AvgIpc) is 2.68. The van der Waals surface area contributed by atoms with Gasteiger partial charge in [-0.15, -0.1) is 0 Å². The Hall–Kier alpha value is -2.38. The van der Waals surface area contributed by atoms with E-state index in [2.05, 4.69) is 21.8 Å². The average molecular weight is 373 g/mol. The molecule has 1 heterocycles. The van der Waals surface area contributed by atoms with Crippen molar-refractivity contribution in [2.24, 2.45) is 0 Å². The number of hydrogen-bond donors (Lipinski definition) is 1. The van der Waals surface area contributed by atoms with Gasteiger partial charge in [-0.25, -0.2) is 13.1 Å². The van der Waals surface area contributed by atoms with Crippen LogP contribution in [0.1, 0.15) is 17.3 Å². The second-order valence-corrected chi connectivity index (χ2v) is 7.91. The molecule has 0 bridgehead atoms. The third-order valence-corrected chi connectivity index (χ3v) is 5.96. The third-order valence-electron chi connectivity index (χ3n) is 4.41. The van der Waals surface area contributed by atoms with Crippen molar-refractivity contribution in [1.82, 2.24) is 9.62 Å². The SMILES string of the molecule is CCNS(=O)(=O)c1cccc(C(=O)N2CCN(c3ccccc3)CC2)c1. The molecule has 3 rings (SSSR count). The first-order chi connectivity index (χ1) is 12.5. The van der Waals surface area contributed by atoms with Crippen LogP contribution in [0.25, 0.3) is 0 Å². The zero-order chi connectivity index (χ0) is 18.6. The van der Waals surface area contributed by atoms with Gasteiger partial charge < -0.3 is 9.80 Å². The molecule has 1 N–H and O–H groups in total. The Morgan fingerprint density at radius 2 is 1.69 bits per heavy atom. The minimum absolute atomic E-state index is 0.119. The summed E-state index contributed by atoms with van der Waals surface area (Å²) in [6.07, 6.45) is 0. The summed E-state index contributed by atoms with van der Waals surface area (Å²) >= 11 is 0. The molecule has 0 unspecified atom stereocenters. The van der Waals surface area contributed by atoms with Crippen LogP contribution in [0.3, 0.4) is 0 Å². The summed E-state index contributed by atoms with van der Waals surface area (Å²) in [5.74, 6) is -0.133. The first-order valence-electron chi connectivity index (χ1n) is 8.70. The van der Waals surface area contributed by atoms with E-state index >= 15 is 0 Å². The van der Waals surface area contributed by atoms with Crippen LogP contribution in [-0.4, -0.2) is 51.9 Å². The van der Waals surface area contributed by atoms with E-state index in [-0.39, 0.29) is 10.8 Å². The van der Waals surface area contributed by atoms with Gasteiger partial charge in [-0.2, -0.15) is 0 Å². The monoisotopic (exact) mass is 373 g/mol. The smallest absolute Gasteiger partial charge is 0.254 e. The molecule has 26 heavy (non-hydrogen) atoms. The fourth-order valence-corrected chi connectivity index (χ4v) is 4.15. The van der Waals surface area contributed by atoms with Crippen molar-refractivity contribution >= 4 is 21.6 Å². The molecule has 7 heteroatoms. The Morgan fingerprint density at radius 3 is 2.35 bits per heavy atom. The molecule has 2 aromatic rings. The molecule has 6 nitrogen and oxygen atoms in total. The fourth-order valence-electron chi connectivity index (χ4n) is 3.06. The van der Waals surface area contributed by atoms with E-state index in [9.17, 15) is 13.2 Å². The van der Waals surface area contributed by atoms with Crippen LogP contribution in [0.5, 0.6) is 0 Å². The summed E-state index contributed by atoms with van der Waals surface area (Å²) in [6, 6.07) is 16.3. The molecule has 0 aliphatic carbocycles. The molecule has 0 spiro atoms. The van der Waals surface area contributed by atoms with Crippen molar-refractivity contribution in [2.45, 2.75) is 11.8 Å². The predicted molar refractivity (Wildman–Crippen MR) is 102 cm³/mol. The van der Waals surface area contributed by atoms with E-state index in [1.165, 1.54) is 12.1 Å². The molecule has 1 fully saturated rings. The summed E-state index contributed by atoms with van der Waals surface area (Å²) in [4.78, 5) is 16.9. The number of carbonyl (C=O) groups excluding carboxylic acids is 1. The number of sulfonamides is 1. The largest absolute Gasteiger partial charge is 0.368 e. The van der Waals surface area contributed by atoms with Gasteiger partial charge in [0.25, 0.3) is 5.91 Å². The molecular formula is C19H23N3O3S. The second kappa shape index (κ2) is 7.88. The Bertz CT molecular complexity index is 861. The lowest BCUT2D eigenvalue weighted by atomic mass is 10.1. The quantitative estimate of drug-likeness (QED) is 0.870. The van der Waals surface area contributed by atoms with Gasteiger partial charge in [0.1, 0.15) is 0 Å². The molecular weight excluding hydrogens is 350 g/mol. The standard InChI is InChI=1S/C19H23N3O3S/c1-2-20-26(24,25)18-10-6-7-16(15-18)19(23)22-13-11-21(12-14-22)17-8-4-3-5-9-17/h3-10,15,20H,2,11-14H2,1H3. The molecule has 2 aromatic carbocycles. The highest BCUT2D eigenvalue weighted by atomic mass is 32.2. The number of nitrogens with zero attached hydrogens (tertiary/aromatic N) is 2. The van der Waals surface area contributed by atoms with E-state index in [0.29, 0.717) is 25.2 Å². The van der Waals surface area contributed by atoms with Crippen molar-refractivity contribution < 1.29 is 13.2 Å². The molecule has 0 atom stereocenters. The summed E-state index contributed by atoms with van der Waals surface area (Å²) in [5.41, 5.74) is 1.55. The minimum atomic E-state index is -3.57. The predicted octanol–water partition coefficient (Wildman–Crippen LogP) is 1.95. The van der Waals surface area contributed by atoms with Gasteiger partial charge in [-0.1, -0.05) is 31.2 Å². The van der Waals surface area contributed by atoms with E-state index in [4.69, 9.17) is 0 Å². The van der Waals surface area contributed by atoms with Gasteiger partial charge in [0, 0.05) is 44.0 Å². The van der Waals surface area contributed by atoms with Crippen LogP contribution in [0.15, 0.2) is 59.5 Å². The van der Waals surface area contributed by atoms with E-state index in [1.54, 1.807) is 24.0 Å². The summed E-state index contributed by atoms with van der Waals surface area (Å²) in [6.45, 7) is 4.76. The maximum absolute atomic E-state index is 12.8. The summed E-state index contributed by atoms with van der Waals surface area (Å²) in [5, 5.41) is 0. The van der Waals surface area contributed by atoms with E-state index in [0.717, 1.165) is 18.8 Å². The van der Waals surface area contributed by atoms with Crippen LogP contribution in [0.4, 0.5) is 5.69 Å². The molecule has 1 amide bonds. The number of piperazine rings is 1. The van der Waals surface area contributed by atoms with Crippen LogP contribution < -0.4 is 9.62 Å². The van der Waals surface area contributed by atoms with Crippen molar-refractivity contribution in [3.05, 3.63) is 60.2 Å². The van der Waals surface area contributed by atoms with Crippen LogP contribution in [0.2, 0.25) is 0 Å². The fraction of sp³-hybridized carbons (Fsp3) is 0.316. The van der Waals surface area contributed by atoms with Crippen LogP contribution in [0, 0.1) is 0 Å². The van der Waals surface area contributed by atoms with Crippen molar-refractivity contribution in [2.75, 3.05) is 37.6 Å². The highest BCUT2D eigenvalue weighted by Crippen LogP contribution is 2.18.